The second-order valence-corrected chi connectivity index (χ2v) is 16.6. The van der Waals surface area contributed by atoms with E-state index in [0.717, 1.165) is 18.1 Å². The van der Waals surface area contributed by atoms with E-state index >= 15 is 0 Å². The van der Waals surface area contributed by atoms with Crippen LogP contribution in [0.3, 0.4) is 0 Å². The van der Waals surface area contributed by atoms with Gasteiger partial charge in [0.15, 0.2) is 8.32 Å². The van der Waals surface area contributed by atoms with Gasteiger partial charge in [-0.05, 0) is 78.0 Å². The van der Waals surface area contributed by atoms with E-state index in [1.807, 2.05) is 24.3 Å². The summed E-state index contributed by atoms with van der Waals surface area (Å²) in [6.45, 7) is 10.4. The normalized spacial score (nSPS) is 15.5. The van der Waals surface area contributed by atoms with Crippen LogP contribution in [0.5, 0.6) is 0 Å². The van der Waals surface area contributed by atoms with Crippen molar-refractivity contribution in [3.8, 4) is 11.1 Å². The third kappa shape index (κ3) is 6.09. The first-order valence-electron chi connectivity index (χ1n) is 13.0. The molecule has 0 radical (unpaired) electrons. The highest BCUT2D eigenvalue weighted by molar-refractivity contribution is 6.74. The SMILES string of the molecule is CC(C)(C)[Si](C)(C)OCc1cc(C(F)(F)F)ncc1-c1ccc(C2(C(=O)Nc3ccc(F)cc3)CCC2)cc1. The van der Waals surface area contributed by atoms with Gasteiger partial charge in [0.05, 0.1) is 12.0 Å². The van der Waals surface area contributed by atoms with Crippen LogP contribution in [0.4, 0.5) is 23.2 Å². The van der Waals surface area contributed by atoms with Gasteiger partial charge in [-0.3, -0.25) is 9.78 Å². The number of carbonyl (C=O) groups is 1. The van der Waals surface area contributed by atoms with Crippen molar-refractivity contribution in [2.45, 2.75) is 76.4 Å². The van der Waals surface area contributed by atoms with Crippen molar-refractivity contribution < 1.29 is 26.8 Å². The Labute approximate surface area is 227 Å². The monoisotopic (exact) mass is 558 g/mol. The highest BCUT2D eigenvalue weighted by Crippen LogP contribution is 2.45. The van der Waals surface area contributed by atoms with Gasteiger partial charge in [0, 0.05) is 17.4 Å². The summed E-state index contributed by atoms with van der Waals surface area (Å²) < 4.78 is 60.0. The molecule has 1 N–H and O–H groups in total. The molecule has 208 valence electrons. The minimum atomic E-state index is -4.57. The summed E-state index contributed by atoms with van der Waals surface area (Å²) >= 11 is 0. The number of halogens is 4. The molecule has 0 bridgehead atoms. The lowest BCUT2D eigenvalue weighted by Gasteiger charge is -2.40. The highest BCUT2D eigenvalue weighted by Gasteiger charge is 2.45. The molecule has 0 unspecified atom stereocenters. The first-order chi connectivity index (χ1) is 18.1. The number of benzene rings is 2. The summed E-state index contributed by atoms with van der Waals surface area (Å²) in [6, 6.07) is 14.1. The predicted molar refractivity (Wildman–Crippen MR) is 147 cm³/mol. The molecule has 1 saturated carbocycles. The quantitative estimate of drug-likeness (QED) is 0.234. The van der Waals surface area contributed by atoms with Crippen molar-refractivity contribution in [1.82, 2.24) is 4.98 Å². The molecule has 1 aromatic heterocycles. The van der Waals surface area contributed by atoms with Gasteiger partial charge in [-0.15, -0.1) is 0 Å². The van der Waals surface area contributed by atoms with Crippen LogP contribution in [-0.4, -0.2) is 19.2 Å². The van der Waals surface area contributed by atoms with Crippen LogP contribution in [0.15, 0.2) is 60.8 Å². The molecule has 0 aliphatic heterocycles. The van der Waals surface area contributed by atoms with E-state index in [1.165, 1.54) is 30.5 Å². The summed E-state index contributed by atoms with van der Waals surface area (Å²) in [5, 5.41) is 2.80. The van der Waals surface area contributed by atoms with E-state index in [4.69, 9.17) is 4.43 Å². The minimum absolute atomic E-state index is 0.0448. The molecule has 2 aromatic carbocycles. The van der Waals surface area contributed by atoms with Gasteiger partial charge in [-0.1, -0.05) is 51.5 Å². The van der Waals surface area contributed by atoms with Gasteiger partial charge in [-0.2, -0.15) is 13.2 Å². The zero-order valence-electron chi connectivity index (χ0n) is 22.9. The van der Waals surface area contributed by atoms with E-state index in [-0.39, 0.29) is 23.4 Å². The first-order valence-corrected chi connectivity index (χ1v) is 15.9. The van der Waals surface area contributed by atoms with Gasteiger partial charge in [0.25, 0.3) is 0 Å². The molecular formula is C30H34F4N2O2Si. The van der Waals surface area contributed by atoms with Gasteiger partial charge in [-0.25, -0.2) is 4.39 Å². The van der Waals surface area contributed by atoms with Crippen LogP contribution < -0.4 is 5.32 Å². The molecule has 1 amide bonds. The molecular weight excluding hydrogens is 524 g/mol. The average Bonchev–Trinajstić information content (AvgIpc) is 2.82. The number of anilines is 1. The molecule has 1 heterocycles. The fourth-order valence-electron chi connectivity index (χ4n) is 4.44. The number of amides is 1. The number of carbonyl (C=O) groups excluding carboxylic acids is 1. The molecule has 4 nitrogen and oxygen atoms in total. The highest BCUT2D eigenvalue weighted by atomic mass is 28.4. The molecule has 4 rings (SSSR count). The van der Waals surface area contributed by atoms with Crippen molar-refractivity contribution >= 4 is 19.9 Å². The molecule has 1 aliphatic carbocycles. The minimum Gasteiger partial charge on any atom is -0.413 e. The number of pyridine rings is 1. The number of aromatic nitrogens is 1. The molecule has 1 fully saturated rings. The Bertz CT molecular complexity index is 1330. The van der Waals surface area contributed by atoms with Crippen LogP contribution in [0.2, 0.25) is 18.1 Å². The van der Waals surface area contributed by atoms with Crippen LogP contribution in [-0.2, 0) is 27.4 Å². The van der Waals surface area contributed by atoms with Crippen LogP contribution >= 0.6 is 0 Å². The summed E-state index contributed by atoms with van der Waals surface area (Å²) in [5.41, 5.74) is 1.36. The molecule has 3 aromatic rings. The van der Waals surface area contributed by atoms with Gasteiger partial charge in [0.1, 0.15) is 11.5 Å². The van der Waals surface area contributed by atoms with E-state index in [0.29, 0.717) is 35.2 Å². The standard InChI is InChI=1S/C30H34F4N2O2Si/c1-28(2,3)39(4,5)38-19-21-17-26(30(32,33)34)35-18-25(21)20-7-9-22(10-8-20)29(15-6-16-29)27(37)36-24-13-11-23(31)12-14-24/h7-14,17-18H,6,15-16,19H2,1-5H3,(H,36,37). The number of nitrogens with zero attached hydrogens (tertiary/aromatic N) is 1. The molecule has 1 aliphatic rings. The second-order valence-electron chi connectivity index (χ2n) is 11.7. The number of hydrogen-bond acceptors (Lipinski definition) is 3. The lowest BCUT2D eigenvalue weighted by atomic mass is 9.63. The lowest BCUT2D eigenvalue weighted by Crippen LogP contribution is -2.46. The van der Waals surface area contributed by atoms with E-state index < -0.39 is 25.6 Å². The molecule has 0 spiro atoms. The Hall–Kier alpha value is -3.04. The Balaban J connectivity index is 1.63. The van der Waals surface area contributed by atoms with E-state index in [2.05, 4.69) is 44.2 Å². The Morgan fingerprint density at radius 1 is 1.03 bits per heavy atom. The molecule has 0 saturated heterocycles. The maximum absolute atomic E-state index is 13.5. The number of rotatable bonds is 7. The fourth-order valence-corrected chi connectivity index (χ4v) is 5.39. The zero-order chi connectivity index (χ0) is 28.6. The van der Waals surface area contributed by atoms with Crippen LogP contribution in [0.25, 0.3) is 11.1 Å². The number of hydrogen-bond donors (Lipinski definition) is 1. The van der Waals surface area contributed by atoms with Crippen LogP contribution in [0, 0.1) is 5.82 Å². The summed E-state index contributed by atoms with van der Waals surface area (Å²) in [5.74, 6) is -0.540. The summed E-state index contributed by atoms with van der Waals surface area (Å²) in [6.07, 6.45) is -1.07. The van der Waals surface area contributed by atoms with Gasteiger partial charge >= 0.3 is 6.18 Å². The van der Waals surface area contributed by atoms with Crippen molar-refractivity contribution in [1.29, 1.82) is 0 Å². The van der Waals surface area contributed by atoms with Gasteiger partial charge in [0.2, 0.25) is 5.91 Å². The van der Waals surface area contributed by atoms with Crippen molar-refractivity contribution in [2.24, 2.45) is 0 Å². The van der Waals surface area contributed by atoms with Gasteiger partial charge < -0.3 is 9.74 Å². The smallest absolute Gasteiger partial charge is 0.413 e. The third-order valence-corrected chi connectivity index (χ3v) is 12.6. The van der Waals surface area contributed by atoms with Crippen molar-refractivity contribution in [2.75, 3.05) is 5.32 Å². The average molecular weight is 559 g/mol. The second kappa shape index (κ2) is 10.5. The summed E-state index contributed by atoms with van der Waals surface area (Å²) in [4.78, 5) is 17.0. The molecule has 0 atom stereocenters. The maximum Gasteiger partial charge on any atom is 0.433 e. The van der Waals surface area contributed by atoms with Crippen molar-refractivity contribution in [3.63, 3.8) is 0 Å². The molecule has 39 heavy (non-hydrogen) atoms. The predicted octanol–water partition coefficient (Wildman–Crippen LogP) is 8.49. The van der Waals surface area contributed by atoms with E-state index in [9.17, 15) is 22.4 Å². The number of alkyl halides is 3. The Morgan fingerprint density at radius 2 is 1.64 bits per heavy atom. The zero-order valence-corrected chi connectivity index (χ0v) is 23.9. The third-order valence-electron chi connectivity index (χ3n) is 8.17. The lowest BCUT2D eigenvalue weighted by molar-refractivity contribution is -0.141. The Morgan fingerprint density at radius 3 is 2.15 bits per heavy atom. The number of nitrogens with one attached hydrogen (secondary N) is 1. The largest absolute Gasteiger partial charge is 0.433 e. The van der Waals surface area contributed by atoms with E-state index in [1.54, 1.807) is 0 Å². The van der Waals surface area contributed by atoms with Crippen molar-refractivity contribution in [3.05, 3.63) is 83.4 Å². The first kappa shape index (κ1) is 29.0. The molecule has 9 heteroatoms. The van der Waals surface area contributed by atoms with Crippen LogP contribution in [0.1, 0.15) is 56.9 Å². The summed E-state index contributed by atoms with van der Waals surface area (Å²) in [7, 11) is -2.22. The maximum atomic E-state index is 13.5. The fraction of sp³-hybridized carbons (Fsp3) is 0.400. The topological polar surface area (TPSA) is 51.2 Å². The Kier molecular flexibility index (Phi) is 7.80.